The Morgan fingerprint density at radius 1 is 1.29 bits per heavy atom. The molecule has 1 rings (SSSR count). The molecule has 0 spiro atoms. The van der Waals surface area contributed by atoms with Gasteiger partial charge < -0.3 is 20.2 Å². The molecule has 0 radical (unpaired) electrons. The number of nitrogens with zero attached hydrogens (tertiary/aromatic N) is 2. The molecule has 0 bridgehead atoms. The van der Waals surface area contributed by atoms with E-state index in [0.717, 1.165) is 4.90 Å². The zero-order valence-electron chi connectivity index (χ0n) is 11.9. The molecule has 1 saturated heterocycles. The van der Waals surface area contributed by atoms with Gasteiger partial charge in [-0.2, -0.15) is 0 Å². The number of likely N-dealkylation sites (N-methyl/N-ethyl adjacent to an activating group) is 1. The standard InChI is InChI=1S/C11H19N3O6S/c1-13(2)9(15)5-12-11(18)14(6-10(16)17)8-3-4-21(19,20)7-8/h8H,3-7H2,1-2H3,(H,12,18)(H,16,17). The fourth-order valence-electron chi connectivity index (χ4n) is 1.94. The number of carbonyl (C=O) groups is 3. The van der Waals surface area contributed by atoms with Crippen LogP contribution in [0.25, 0.3) is 0 Å². The van der Waals surface area contributed by atoms with Gasteiger partial charge in [-0.05, 0) is 6.42 Å². The number of urea groups is 1. The molecule has 0 aliphatic carbocycles. The molecule has 1 atom stereocenters. The van der Waals surface area contributed by atoms with Crippen molar-refractivity contribution in [2.45, 2.75) is 12.5 Å². The maximum Gasteiger partial charge on any atom is 0.323 e. The Balaban J connectivity index is 2.71. The predicted octanol–water partition coefficient (Wildman–Crippen LogP) is -1.64. The molecule has 1 aliphatic heterocycles. The summed E-state index contributed by atoms with van der Waals surface area (Å²) in [5, 5.41) is 11.2. The molecule has 0 saturated carbocycles. The molecule has 3 amide bonds. The van der Waals surface area contributed by atoms with Crippen LogP contribution in [0.4, 0.5) is 4.79 Å². The van der Waals surface area contributed by atoms with Gasteiger partial charge in [-0.25, -0.2) is 13.2 Å². The highest BCUT2D eigenvalue weighted by molar-refractivity contribution is 7.91. The summed E-state index contributed by atoms with van der Waals surface area (Å²) in [6, 6.07) is -1.43. The number of amides is 3. The molecule has 1 fully saturated rings. The third kappa shape index (κ3) is 5.21. The Morgan fingerprint density at radius 3 is 2.33 bits per heavy atom. The van der Waals surface area contributed by atoms with E-state index in [2.05, 4.69) is 5.32 Å². The smallest absolute Gasteiger partial charge is 0.323 e. The number of carbonyl (C=O) groups excluding carboxylic acids is 2. The van der Waals surface area contributed by atoms with Gasteiger partial charge in [-0.15, -0.1) is 0 Å². The van der Waals surface area contributed by atoms with Crippen LogP contribution in [0.15, 0.2) is 0 Å². The van der Waals surface area contributed by atoms with Crippen LogP contribution in [-0.2, 0) is 19.4 Å². The SMILES string of the molecule is CN(C)C(=O)CNC(=O)N(CC(=O)O)C1CCS(=O)(=O)C1. The first-order valence-corrected chi connectivity index (χ1v) is 8.11. The van der Waals surface area contributed by atoms with Crippen molar-refractivity contribution in [2.24, 2.45) is 0 Å². The van der Waals surface area contributed by atoms with Gasteiger partial charge in [-0.1, -0.05) is 0 Å². The van der Waals surface area contributed by atoms with E-state index in [1.807, 2.05) is 0 Å². The van der Waals surface area contributed by atoms with Crippen molar-refractivity contribution in [3.63, 3.8) is 0 Å². The lowest BCUT2D eigenvalue weighted by atomic mass is 10.2. The van der Waals surface area contributed by atoms with Crippen LogP contribution < -0.4 is 5.32 Å². The summed E-state index contributed by atoms with van der Waals surface area (Å²) in [5.74, 6) is -1.92. The maximum atomic E-state index is 12.0. The van der Waals surface area contributed by atoms with Crippen LogP contribution in [0, 0.1) is 0 Å². The fraction of sp³-hybridized carbons (Fsp3) is 0.727. The van der Waals surface area contributed by atoms with Crippen molar-refractivity contribution < 1.29 is 27.9 Å². The van der Waals surface area contributed by atoms with Crippen LogP contribution in [0.5, 0.6) is 0 Å². The molecule has 9 nitrogen and oxygen atoms in total. The largest absolute Gasteiger partial charge is 0.480 e. The van der Waals surface area contributed by atoms with Crippen molar-refractivity contribution in [2.75, 3.05) is 38.7 Å². The highest BCUT2D eigenvalue weighted by atomic mass is 32.2. The lowest BCUT2D eigenvalue weighted by Crippen LogP contribution is -2.50. The molecule has 1 aliphatic rings. The van der Waals surface area contributed by atoms with E-state index in [0.29, 0.717) is 0 Å². The Bertz CT molecular complexity index is 530. The molecule has 10 heteroatoms. The summed E-state index contributed by atoms with van der Waals surface area (Å²) < 4.78 is 22.9. The molecule has 1 unspecified atom stereocenters. The molecule has 0 aromatic rings. The molecule has 2 N–H and O–H groups in total. The Kier molecular flexibility index (Phi) is 5.53. The van der Waals surface area contributed by atoms with Gasteiger partial charge in [0.1, 0.15) is 6.54 Å². The number of hydrogen-bond donors (Lipinski definition) is 2. The van der Waals surface area contributed by atoms with Crippen molar-refractivity contribution in [1.29, 1.82) is 0 Å². The average molecular weight is 321 g/mol. The van der Waals surface area contributed by atoms with Crippen molar-refractivity contribution in [3.8, 4) is 0 Å². The third-order valence-electron chi connectivity index (χ3n) is 3.11. The molecule has 21 heavy (non-hydrogen) atoms. The summed E-state index contributed by atoms with van der Waals surface area (Å²) in [7, 11) is -0.203. The lowest BCUT2D eigenvalue weighted by Gasteiger charge is -2.26. The van der Waals surface area contributed by atoms with Crippen LogP contribution in [0.2, 0.25) is 0 Å². The first-order valence-electron chi connectivity index (χ1n) is 6.29. The van der Waals surface area contributed by atoms with Gasteiger partial charge in [0, 0.05) is 20.1 Å². The van der Waals surface area contributed by atoms with E-state index in [-0.39, 0.29) is 30.4 Å². The second-order valence-electron chi connectivity index (χ2n) is 5.03. The number of aliphatic carboxylic acids is 1. The van der Waals surface area contributed by atoms with Crippen LogP contribution >= 0.6 is 0 Å². The predicted molar refractivity (Wildman–Crippen MR) is 73.5 cm³/mol. The van der Waals surface area contributed by atoms with Crippen LogP contribution in [0.1, 0.15) is 6.42 Å². The third-order valence-corrected chi connectivity index (χ3v) is 4.86. The zero-order chi connectivity index (χ0) is 16.2. The summed E-state index contributed by atoms with van der Waals surface area (Å²) in [5.41, 5.74) is 0. The topological polar surface area (TPSA) is 124 Å². The summed E-state index contributed by atoms with van der Waals surface area (Å²) >= 11 is 0. The van der Waals surface area contributed by atoms with Crippen LogP contribution in [-0.4, -0.2) is 86.0 Å². The summed E-state index contributed by atoms with van der Waals surface area (Å²) in [6.07, 6.45) is 0.199. The molecule has 0 aromatic heterocycles. The number of nitrogens with one attached hydrogen (secondary N) is 1. The first-order chi connectivity index (χ1) is 9.62. The van der Waals surface area contributed by atoms with Gasteiger partial charge in [0.2, 0.25) is 5.91 Å². The quantitative estimate of drug-likeness (QED) is 0.626. The highest BCUT2D eigenvalue weighted by Crippen LogP contribution is 2.17. The number of sulfone groups is 1. The van der Waals surface area contributed by atoms with Gasteiger partial charge in [0.05, 0.1) is 18.1 Å². The van der Waals surface area contributed by atoms with E-state index in [1.165, 1.54) is 19.0 Å². The number of rotatable bonds is 5. The van der Waals surface area contributed by atoms with Gasteiger partial charge in [0.25, 0.3) is 0 Å². The van der Waals surface area contributed by atoms with Crippen molar-refractivity contribution in [1.82, 2.24) is 15.1 Å². The first kappa shape index (κ1) is 17.2. The monoisotopic (exact) mass is 321 g/mol. The molecular weight excluding hydrogens is 302 g/mol. The second kappa shape index (κ2) is 6.74. The Hall–Kier alpha value is -1.84. The number of carboxylic acids is 1. The Labute approximate surface area is 122 Å². The average Bonchev–Trinajstić information content (AvgIpc) is 2.72. The van der Waals surface area contributed by atoms with E-state index in [4.69, 9.17) is 5.11 Å². The molecule has 0 aromatic carbocycles. The van der Waals surface area contributed by atoms with Gasteiger partial charge in [0.15, 0.2) is 9.84 Å². The second-order valence-corrected chi connectivity index (χ2v) is 7.25. The highest BCUT2D eigenvalue weighted by Gasteiger charge is 2.35. The van der Waals surface area contributed by atoms with E-state index >= 15 is 0 Å². The minimum Gasteiger partial charge on any atom is -0.480 e. The maximum absolute atomic E-state index is 12.0. The lowest BCUT2D eigenvalue weighted by molar-refractivity contribution is -0.138. The summed E-state index contributed by atoms with van der Waals surface area (Å²) in [4.78, 5) is 36.5. The Morgan fingerprint density at radius 2 is 1.90 bits per heavy atom. The molecular formula is C11H19N3O6S. The number of carboxylic acid groups (broad SMARTS) is 1. The van der Waals surface area contributed by atoms with Crippen molar-refractivity contribution >= 4 is 27.7 Å². The van der Waals surface area contributed by atoms with Crippen molar-refractivity contribution in [3.05, 3.63) is 0 Å². The van der Waals surface area contributed by atoms with Gasteiger partial charge >= 0.3 is 12.0 Å². The normalized spacial score (nSPS) is 19.8. The minimum absolute atomic E-state index is 0.0717. The fourth-order valence-corrected chi connectivity index (χ4v) is 3.68. The van der Waals surface area contributed by atoms with E-state index in [1.54, 1.807) is 0 Å². The number of hydrogen-bond acceptors (Lipinski definition) is 5. The van der Waals surface area contributed by atoms with Gasteiger partial charge in [-0.3, -0.25) is 9.59 Å². The van der Waals surface area contributed by atoms with E-state index in [9.17, 15) is 22.8 Å². The molecule has 120 valence electrons. The molecule has 1 heterocycles. The van der Waals surface area contributed by atoms with Crippen LogP contribution in [0.3, 0.4) is 0 Å². The minimum atomic E-state index is -3.24. The zero-order valence-corrected chi connectivity index (χ0v) is 12.7. The summed E-state index contributed by atoms with van der Waals surface area (Å²) in [6.45, 7) is -0.885. The van der Waals surface area contributed by atoms with E-state index < -0.39 is 34.4 Å².